The lowest BCUT2D eigenvalue weighted by Crippen LogP contribution is -2.49. The maximum atomic E-state index is 9.55. The van der Waals surface area contributed by atoms with E-state index in [0.717, 1.165) is 25.4 Å². The van der Waals surface area contributed by atoms with E-state index in [0.29, 0.717) is 12.1 Å². The molecule has 1 aliphatic rings. The van der Waals surface area contributed by atoms with Gasteiger partial charge in [0.25, 0.3) is 0 Å². The van der Waals surface area contributed by atoms with Crippen LogP contribution in [0.4, 0.5) is 0 Å². The van der Waals surface area contributed by atoms with Crippen LogP contribution in [0.2, 0.25) is 0 Å². The summed E-state index contributed by atoms with van der Waals surface area (Å²) in [6.07, 6.45) is 8.95. The Balaban J connectivity index is 2.20. The third-order valence-corrected chi connectivity index (χ3v) is 4.52. The summed E-state index contributed by atoms with van der Waals surface area (Å²) >= 11 is 0. The topological polar surface area (TPSA) is 41.5 Å². The Labute approximate surface area is 125 Å². The SMILES string of the molecule is CCC1CCCC(OCCCC(C)(CO)NC(C)C)C1. The fraction of sp³-hybridized carbons (Fsp3) is 1.00. The zero-order valence-corrected chi connectivity index (χ0v) is 14.0. The number of aliphatic hydroxyl groups excluding tert-OH is 1. The lowest BCUT2D eigenvalue weighted by Gasteiger charge is -2.32. The minimum Gasteiger partial charge on any atom is -0.394 e. The van der Waals surface area contributed by atoms with Crippen molar-refractivity contribution in [2.24, 2.45) is 5.92 Å². The molecule has 3 nitrogen and oxygen atoms in total. The highest BCUT2D eigenvalue weighted by Crippen LogP contribution is 2.28. The first-order valence-electron chi connectivity index (χ1n) is 8.49. The largest absolute Gasteiger partial charge is 0.394 e. The zero-order chi connectivity index (χ0) is 15.0. The van der Waals surface area contributed by atoms with Crippen molar-refractivity contribution in [3.63, 3.8) is 0 Å². The maximum Gasteiger partial charge on any atom is 0.0610 e. The van der Waals surface area contributed by atoms with Crippen molar-refractivity contribution in [2.75, 3.05) is 13.2 Å². The molecule has 20 heavy (non-hydrogen) atoms. The molecular weight excluding hydrogens is 250 g/mol. The van der Waals surface area contributed by atoms with Gasteiger partial charge in [-0.2, -0.15) is 0 Å². The van der Waals surface area contributed by atoms with Crippen molar-refractivity contribution in [1.29, 1.82) is 0 Å². The molecule has 0 heterocycles. The highest BCUT2D eigenvalue weighted by molar-refractivity contribution is 4.83. The lowest BCUT2D eigenvalue weighted by molar-refractivity contribution is 0.00697. The van der Waals surface area contributed by atoms with E-state index in [-0.39, 0.29) is 12.1 Å². The Bertz CT molecular complexity index is 257. The van der Waals surface area contributed by atoms with Crippen molar-refractivity contribution in [2.45, 2.75) is 90.3 Å². The molecule has 0 bridgehead atoms. The maximum absolute atomic E-state index is 9.55. The molecule has 0 amide bonds. The molecule has 120 valence electrons. The van der Waals surface area contributed by atoms with Crippen LogP contribution in [0.5, 0.6) is 0 Å². The third kappa shape index (κ3) is 6.55. The Morgan fingerprint density at radius 1 is 1.35 bits per heavy atom. The highest BCUT2D eigenvalue weighted by Gasteiger charge is 2.24. The van der Waals surface area contributed by atoms with E-state index < -0.39 is 0 Å². The molecule has 3 atom stereocenters. The van der Waals surface area contributed by atoms with Gasteiger partial charge in [0.15, 0.2) is 0 Å². The number of nitrogens with one attached hydrogen (secondary N) is 1. The van der Waals surface area contributed by atoms with Gasteiger partial charge in [-0.15, -0.1) is 0 Å². The van der Waals surface area contributed by atoms with Crippen LogP contribution in [0.3, 0.4) is 0 Å². The molecule has 0 saturated heterocycles. The summed E-state index contributed by atoms with van der Waals surface area (Å²) in [5.74, 6) is 0.874. The molecule has 0 aromatic rings. The number of hydrogen-bond acceptors (Lipinski definition) is 3. The molecule has 1 rings (SSSR count). The Kier molecular flexibility index (Phi) is 8.08. The molecule has 0 aromatic heterocycles. The van der Waals surface area contributed by atoms with Gasteiger partial charge in [0, 0.05) is 18.2 Å². The summed E-state index contributed by atoms with van der Waals surface area (Å²) in [6.45, 7) is 9.65. The summed E-state index contributed by atoms with van der Waals surface area (Å²) in [5, 5.41) is 13.0. The van der Waals surface area contributed by atoms with Crippen LogP contribution in [0.25, 0.3) is 0 Å². The normalized spacial score (nSPS) is 26.7. The lowest BCUT2D eigenvalue weighted by atomic mass is 9.85. The Morgan fingerprint density at radius 3 is 2.70 bits per heavy atom. The van der Waals surface area contributed by atoms with Crippen molar-refractivity contribution < 1.29 is 9.84 Å². The molecule has 0 aliphatic heterocycles. The van der Waals surface area contributed by atoms with Crippen LogP contribution in [-0.2, 0) is 4.74 Å². The van der Waals surface area contributed by atoms with E-state index >= 15 is 0 Å². The Hall–Kier alpha value is -0.120. The molecule has 3 unspecified atom stereocenters. The van der Waals surface area contributed by atoms with E-state index in [9.17, 15) is 5.11 Å². The van der Waals surface area contributed by atoms with Gasteiger partial charge >= 0.3 is 0 Å². The van der Waals surface area contributed by atoms with Crippen LogP contribution in [0, 0.1) is 5.92 Å². The zero-order valence-electron chi connectivity index (χ0n) is 14.0. The van der Waals surface area contributed by atoms with E-state index in [1.165, 1.54) is 32.1 Å². The molecular formula is C17H35NO2. The second-order valence-electron chi connectivity index (χ2n) is 7.06. The standard InChI is InChI=1S/C17H35NO2/c1-5-15-8-6-9-16(12-15)20-11-7-10-17(4,13-19)18-14(2)3/h14-16,18-19H,5-13H2,1-4H3. The van der Waals surface area contributed by atoms with E-state index in [1.807, 2.05) is 0 Å². The molecule has 0 aromatic carbocycles. The molecule has 0 spiro atoms. The second kappa shape index (κ2) is 9.01. The molecule has 2 N–H and O–H groups in total. The van der Waals surface area contributed by atoms with Crippen molar-refractivity contribution in [1.82, 2.24) is 5.32 Å². The summed E-state index contributed by atoms with van der Waals surface area (Å²) in [4.78, 5) is 0. The number of ether oxygens (including phenoxy) is 1. The van der Waals surface area contributed by atoms with Crippen molar-refractivity contribution >= 4 is 0 Å². The average Bonchev–Trinajstić information content (AvgIpc) is 2.43. The van der Waals surface area contributed by atoms with Crippen LogP contribution in [0.1, 0.15) is 72.6 Å². The fourth-order valence-corrected chi connectivity index (χ4v) is 3.37. The Morgan fingerprint density at radius 2 is 2.10 bits per heavy atom. The van der Waals surface area contributed by atoms with E-state index in [4.69, 9.17) is 4.74 Å². The first kappa shape index (κ1) is 17.9. The third-order valence-electron chi connectivity index (χ3n) is 4.52. The summed E-state index contributed by atoms with van der Waals surface area (Å²) < 4.78 is 6.05. The molecule has 1 saturated carbocycles. The molecule has 1 fully saturated rings. The number of rotatable bonds is 9. The fourth-order valence-electron chi connectivity index (χ4n) is 3.37. The summed E-state index contributed by atoms with van der Waals surface area (Å²) in [7, 11) is 0. The van der Waals surface area contributed by atoms with Crippen LogP contribution in [0.15, 0.2) is 0 Å². The van der Waals surface area contributed by atoms with E-state index in [1.54, 1.807) is 0 Å². The first-order valence-corrected chi connectivity index (χ1v) is 8.49. The van der Waals surface area contributed by atoms with Crippen molar-refractivity contribution in [3.8, 4) is 0 Å². The highest BCUT2D eigenvalue weighted by atomic mass is 16.5. The van der Waals surface area contributed by atoms with Gasteiger partial charge < -0.3 is 15.2 Å². The smallest absolute Gasteiger partial charge is 0.0610 e. The second-order valence-corrected chi connectivity index (χ2v) is 7.06. The van der Waals surface area contributed by atoms with Gasteiger partial charge in [-0.05, 0) is 38.5 Å². The molecule has 1 aliphatic carbocycles. The van der Waals surface area contributed by atoms with Gasteiger partial charge in [0.05, 0.1) is 12.7 Å². The van der Waals surface area contributed by atoms with Crippen LogP contribution in [-0.4, -0.2) is 36.0 Å². The molecule has 0 radical (unpaired) electrons. The van der Waals surface area contributed by atoms with Gasteiger partial charge in [0.1, 0.15) is 0 Å². The van der Waals surface area contributed by atoms with Crippen LogP contribution < -0.4 is 5.32 Å². The average molecular weight is 285 g/mol. The van der Waals surface area contributed by atoms with Crippen LogP contribution >= 0.6 is 0 Å². The van der Waals surface area contributed by atoms with Gasteiger partial charge in [-0.3, -0.25) is 0 Å². The summed E-state index contributed by atoms with van der Waals surface area (Å²) in [5.41, 5.74) is -0.171. The molecule has 3 heteroatoms. The minimum absolute atomic E-state index is 0.171. The van der Waals surface area contributed by atoms with Gasteiger partial charge in [-0.25, -0.2) is 0 Å². The first-order chi connectivity index (χ1) is 9.49. The predicted molar refractivity (Wildman–Crippen MR) is 85.0 cm³/mol. The minimum atomic E-state index is -0.171. The number of hydrogen-bond donors (Lipinski definition) is 2. The van der Waals surface area contributed by atoms with Crippen molar-refractivity contribution in [3.05, 3.63) is 0 Å². The van der Waals surface area contributed by atoms with Gasteiger partial charge in [0.2, 0.25) is 0 Å². The van der Waals surface area contributed by atoms with Gasteiger partial charge in [-0.1, -0.05) is 40.0 Å². The number of aliphatic hydroxyl groups is 1. The monoisotopic (exact) mass is 285 g/mol. The van der Waals surface area contributed by atoms with E-state index in [2.05, 4.69) is 33.0 Å². The summed E-state index contributed by atoms with van der Waals surface area (Å²) in [6, 6.07) is 0.400. The quantitative estimate of drug-likeness (QED) is 0.637. The predicted octanol–water partition coefficient (Wildman–Crippen LogP) is 3.50.